The predicted octanol–water partition coefficient (Wildman–Crippen LogP) is 5.19. The molecule has 0 bridgehead atoms. The molecule has 0 unspecified atom stereocenters. The van der Waals surface area contributed by atoms with Crippen molar-refractivity contribution in [3.05, 3.63) is 51.3 Å². The molecule has 0 N–H and O–H groups in total. The van der Waals surface area contributed by atoms with Gasteiger partial charge in [0.1, 0.15) is 0 Å². The number of benzene rings is 1. The van der Waals surface area contributed by atoms with E-state index in [0.29, 0.717) is 16.7 Å². The Kier molecular flexibility index (Phi) is 4.73. The molecular formula is C17H18BrNO2S. The number of nitrogens with zero attached hydrogens (tertiary/aromatic N) is 1. The molecule has 1 aromatic heterocycles. The van der Waals surface area contributed by atoms with Crippen LogP contribution in [0, 0.1) is 0 Å². The summed E-state index contributed by atoms with van der Waals surface area (Å²) >= 11 is 5.33. The van der Waals surface area contributed by atoms with Crippen LogP contribution in [-0.2, 0) is 5.75 Å². The number of rotatable bonds is 6. The first kappa shape index (κ1) is 15.8. The topological polar surface area (TPSA) is 43.1 Å². The molecule has 0 atom stereocenters. The zero-order chi connectivity index (χ0) is 15.7. The maximum absolute atomic E-state index is 12.9. The molecule has 1 aliphatic rings. The van der Waals surface area contributed by atoms with Gasteiger partial charge >= 0.3 is 0 Å². The number of ketones is 1. The average Bonchev–Trinajstić information content (AvgIpc) is 3.21. The summed E-state index contributed by atoms with van der Waals surface area (Å²) in [6, 6.07) is 5.85. The standard InChI is InChI=1S/C17H18BrNO2S/c1-10(2)22-9-12-7-13(18)5-6-14(12)16(20)15-8-19-21-17(15)11-3-4-11/h5-8,10-11H,3-4,9H2,1-2H3. The predicted molar refractivity (Wildman–Crippen MR) is 92.5 cm³/mol. The van der Waals surface area contributed by atoms with Crippen molar-refractivity contribution >= 4 is 33.5 Å². The molecule has 1 saturated carbocycles. The fourth-order valence-electron chi connectivity index (χ4n) is 2.36. The van der Waals surface area contributed by atoms with Gasteiger partial charge in [-0.1, -0.05) is 34.9 Å². The van der Waals surface area contributed by atoms with Crippen LogP contribution < -0.4 is 0 Å². The van der Waals surface area contributed by atoms with Crippen LogP contribution in [0.4, 0.5) is 0 Å². The quantitative estimate of drug-likeness (QED) is 0.647. The maximum atomic E-state index is 12.9. The number of thioether (sulfide) groups is 1. The van der Waals surface area contributed by atoms with Gasteiger partial charge in [-0.05, 0) is 41.9 Å². The van der Waals surface area contributed by atoms with Gasteiger partial charge in [0.2, 0.25) is 0 Å². The molecule has 0 spiro atoms. The molecule has 22 heavy (non-hydrogen) atoms. The summed E-state index contributed by atoms with van der Waals surface area (Å²) in [5.41, 5.74) is 2.43. The van der Waals surface area contributed by atoms with E-state index in [0.717, 1.165) is 40.0 Å². The minimum Gasteiger partial charge on any atom is -0.360 e. The third-order valence-corrected chi connectivity index (χ3v) is 5.31. The minimum atomic E-state index is 0.0232. The van der Waals surface area contributed by atoms with Crippen molar-refractivity contribution in [2.24, 2.45) is 0 Å². The van der Waals surface area contributed by atoms with Gasteiger partial charge in [-0.15, -0.1) is 0 Å². The molecule has 1 aromatic carbocycles. The van der Waals surface area contributed by atoms with Crippen molar-refractivity contribution in [1.82, 2.24) is 5.16 Å². The van der Waals surface area contributed by atoms with Crippen LogP contribution in [0.2, 0.25) is 0 Å². The Morgan fingerprint density at radius 3 is 2.86 bits per heavy atom. The van der Waals surface area contributed by atoms with Gasteiger partial charge < -0.3 is 4.52 Å². The second-order valence-electron chi connectivity index (χ2n) is 5.87. The van der Waals surface area contributed by atoms with Crippen molar-refractivity contribution in [2.45, 2.75) is 43.6 Å². The van der Waals surface area contributed by atoms with Crippen LogP contribution >= 0.6 is 27.7 Å². The number of aromatic nitrogens is 1. The normalized spacial score (nSPS) is 14.5. The van der Waals surface area contributed by atoms with Gasteiger partial charge in [-0.2, -0.15) is 11.8 Å². The molecule has 3 nitrogen and oxygen atoms in total. The van der Waals surface area contributed by atoms with E-state index in [4.69, 9.17) is 4.52 Å². The van der Waals surface area contributed by atoms with E-state index in [9.17, 15) is 4.79 Å². The number of carbonyl (C=O) groups excluding carboxylic acids is 1. The summed E-state index contributed by atoms with van der Waals surface area (Å²) < 4.78 is 6.30. The number of hydrogen-bond donors (Lipinski definition) is 0. The molecule has 1 fully saturated rings. The van der Waals surface area contributed by atoms with Crippen LogP contribution in [0.1, 0.15) is 59.9 Å². The van der Waals surface area contributed by atoms with Gasteiger partial charge in [0.25, 0.3) is 0 Å². The monoisotopic (exact) mass is 379 g/mol. The summed E-state index contributed by atoms with van der Waals surface area (Å²) in [5, 5.41) is 4.37. The zero-order valence-corrected chi connectivity index (χ0v) is 15.0. The summed E-state index contributed by atoms with van der Waals surface area (Å²) in [6.07, 6.45) is 3.75. The average molecular weight is 380 g/mol. The smallest absolute Gasteiger partial charge is 0.198 e. The Morgan fingerprint density at radius 2 is 2.18 bits per heavy atom. The first-order valence-electron chi connectivity index (χ1n) is 7.45. The summed E-state index contributed by atoms with van der Waals surface area (Å²) in [4.78, 5) is 12.9. The maximum Gasteiger partial charge on any atom is 0.198 e. The van der Waals surface area contributed by atoms with Gasteiger partial charge in [-0.25, -0.2) is 0 Å². The Labute approximate surface area is 143 Å². The summed E-state index contributed by atoms with van der Waals surface area (Å²) in [5.74, 6) is 1.98. The lowest BCUT2D eigenvalue weighted by atomic mass is 9.99. The Hall–Kier alpha value is -1.07. The molecule has 1 heterocycles. The molecule has 0 radical (unpaired) electrons. The van der Waals surface area contributed by atoms with Crippen LogP contribution in [0.3, 0.4) is 0 Å². The molecule has 0 amide bonds. The van der Waals surface area contributed by atoms with Crippen molar-refractivity contribution in [3.8, 4) is 0 Å². The second-order valence-corrected chi connectivity index (χ2v) is 8.35. The molecule has 5 heteroatoms. The lowest BCUT2D eigenvalue weighted by Crippen LogP contribution is -2.07. The summed E-state index contributed by atoms with van der Waals surface area (Å²) in [6.45, 7) is 4.32. The highest BCUT2D eigenvalue weighted by Gasteiger charge is 2.33. The molecule has 1 aliphatic carbocycles. The summed E-state index contributed by atoms with van der Waals surface area (Å²) in [7, 11) is 0. The highest BCUT2D eigenvalue weighted by Crippen LogP contribution is 2.42. The van der Waals surface area contributed by atoms with E-state index < -0.39 is 0 Å². The first-order valence-corrected chi connectivity index (χ1v) is 9.29. The van der Waals surface area contributed by atoms with E-state index in [-0.39, 0.29) is 5.78 Å². The van der Waals surface area contributed by atoms with E-state index in [1.165, 1.54) is 0 Å². The van der Waals surface area contributed by atoms with E-state index in [1.807, 2.05) is 30.0 Å². The second kappa shape index (κ2) is 6.59. The van der Waals surface area contributed by atoms with E-state index in [2.05, 4.69) is 34.9 Å². The van der Waals surface area contributed by atoms with Crippen molar-refractivity contribution in [2.75, 3.05) is 0 Å². The minimum absolute atomic E-state index is 0.0232. The van der Waals surface area contributed by atoms with Gasteiger partial charge in [0, 0.05) is 21.7 Å². The molecule has 116 valence electrons. The lowest BCUT2D eigenvalue weighted by molar-refractivity contribution is 0.103. The molecule has 0 aliphatic heterocycles. The van der Waals surface area contributed by atoms with E-state index in [1.54, 1.807) is 6.20 Å². The molecule has 2 aromatic rings. The largest absolute Gasteiger partial charge is 0.360 e. The Bertz CT molecular complexity index is 692. The molecular weight excluding hydrogens is 362 g/mol. The van der Waals surface area contributed by atoms with Crippen molar-refractivity contribution < 1.29 is 9.32 Å². The third kappa shape index (κ3) is 3.46. The number of carbonyl (C=O) groups is 1. The van der Waals surface area contributed by atoms with Crippen LogP contribution in [0.15, 0.2) is 33.4 Å². The first-order chi connectivity index (χ1) is 10.6. The van der Waals surface area contributed by atoms with Crippen molar-refractivity contribution in [1.29, 1.82) is 0 Å². The van der Waals surface area contributed by atoms with Gasteiger partial charge in [0.15, 0.2) is 11.5 Å². The Morgan fingerprint density at radius 1 is 1.41 bits per heavy atom. The highest BCUT2D eigenvalue weighted by atomic mass is 79.9. The SMILES string of the molecule is CC(C)SCc1cc(Br)ccc1C(=O)c1cnoc1C1CC1. The zero-order valence-electron chi connectivity index (χ0n) is 12.6. The third-order valence-electron chi connectivity index (χ3n) is 3.68. The van der Waals surface area contributed by atoms with Gasteiger partial charge in [0.05, 0.1) is 11.8 Å². The lowest BCUT2D eigenvalue weighted by Gasteiger charge is -2.10. The van der Waals surface area contributed by atoms with Crippen molar-refractivity contribution in [3.63, 3.8) is 0 Å². The molecule has 0 saturated heterocycles. The van der Waals surface area contributed by atoms with Gasteiger partial charge in [-0.3, -0.25) is 4.79 Å². The Balaban J connectivity index is 1.92. The van der Waals surface area contributed by atoms with Crippen LogP contribution in [0.25, 0.3) is 0 Å². The molecule has 3 rings (SSSR count). The van der Waals surface area contributed by atoms with E-state index >= 15 is 0 Å². The van der Waals surface area contributed by atoms with Crippen LogP contribution in [0.5, 0.6) is 0 Å². The highest BCUT2D eigenvalue weighted by molar-refractivity contribution is 9.10. The number of halogens is 1. The fraction of sp³-hybridized carbons (Fsp3) is 0.412. The number of hydrogen-bond acceptors (Lipinski definition) is 4. The fourth-order valence-corrected chi connectivity index (χ4v) is 3.52. The van der Waals surface area contributed by atoms with Crippen LogP contribution in [-0.4, -0.2) is 16.2 Å².